The molecule has 0 radical (unpaired) electrons. The molecular formula is C30H34F6N2O3. The number of rotatable bonds is 6. The second-order valence-corrected chi connectivity index (χ2v) is 11.7. The molecule has 2 aliphatic rings. The molecule has 0 N–H and O–H groups in total. The largest absolute Gasteiger partial charge is 0.496 e. The van der Waals surface area contributed by atoms with E-state index in [0.717, 1.165) is 28.8 Å². The third-order valence-electron chi connectivity index (χ3n) is 7.89. The Morgan fingerprint density at radius 3 is 2.17 bits per heavy atom. The molecule has 11 heteroatoms. The van der Waals surface area contributed by atoms with Gasteiger partial charge in [-0.25, -0.2) is 4.79 Å². The Kier molecular flexibility index (Phi) is 8.05. The Bertz CT molecular complexity index is 1310. The van der Waals surface area contributed by atoms with Crippen molar-refractivity contribution in [3.8, 4) is 5.75 Å². The van der Waals surface area contributed by atoms with Gasteiger partial charge < -0.3 is 14.4 Å². The minimum Gasteiger partial charge on any atom is -0.496 e. The van der Waals surface area contributed by atoms with Crippen molar-refractivity contribution in [1.82, 2.24) is 4.90 Å². The van der Waals surface area contributed by atoms with Gasteiger partial charge in [-0.3, -0.25) is 4.90 Å². The summed E-state index contributed by atoms with van der Waals surface area (Å²) in [4.78, 5) is 16.4. The Morgan fingerprint density at radius 1 is 1.02 bits per heavy atom. The highest BCUT2D eigenvalue weighted by Crippen LogP contribution is 2.47. The second-order valence-electron chi connectivity index (χ2n) is 11.7. The smallest absolute Gasteiger partial charge is 0.416 e. The van der Waals surface area contributed by atoms with Gasteiger partial charge in [0.1, 0.15) is 11.9 Å². The van der Waals surface area contributed by atoms with Crippen LogP contribution >= 0.6 is 0 Å². The summed E-state index contributed by atoms with van der Waals surface area (Å²) in [6, 6.07) is 6.33. The Hall–Kier alpha value is -3.37. The van der Waals surface area contributed by atoms with Gasteiger partial charge in [-0.15, -0.1) is 0 Å². The molecule has 4 rings (SSSR count). The van der Waals surface area contributed by atoms with Crippen LogP contribution in [0.15, 0.2) is 42.0 Å². The molecule has 2 aromatic rings. The average molecular weight is 585 g/mol. The van der Waals surface area contributed by atoms with E-state index >= 15 is 0 Å². The summed E-state index contributed by atoms with van der Waals surface area (Å²) in [5, 5.41) is 0. The van der Waals surface area contributed by atoms with Gasteiger partial charge in [-0.05, 0) is 84.7 Å². The molecule has 1 aliphatic heterocycles. The predicted molar refractivity (Wildman–Crippen MR) is 144 cm³/mol. The summed E-state index contributed by atoms with van der Waals surface area (Å²) < 4.78 is 92.1. The lowest BCUT2D eigenvalue weighted by Gasteiger charge is -2.36. The van der Waals surface area contributed by atoms with E-state index < -0.39 is 41.7 Å². The molecule has 1 amide bonds. The standard InChI is InChI=1S/C30H34F6N2O3/c1-17-26(18-11-20(29(31,32)33)13-21(12-18)30(34,35)36)41-27(39)38(17)16-19-15-28(2,3)10-9-23(19)24-14-22(37(4)5)7-8-25(24)40-6/h7-8,11-14,17,26H,9-10,15-16H2,1-6H3/t17-,26-/m0/s1. The lowest BCUT2D eigenvalue weighted by atomic mass is 9.72. The van der Waals surface area contributed by atoms with E-state index in [2.05, 4.69) is 13.8 Å². The highest BCUT2D eigenvalue weighted by molar-refractivity contribution is 5.78. The van der Waals surface area contributed by atoms with Crippen molar-refractivity contribution in [1.29, 1.82) is 0 Å². The number of carbonyl (C=O) groups excluding carboxylic acids is 1. The quantitative estimate of drug-likeness (QED) is 0.320. The van der Waals surface area contributed by atoms with Crippen LogP contribution < -0.4 is 9.64 Å². The van der Waals surface area contributed by atoms with Crippen LogP contribution in [0, 0.1) is 5.41 Å². The number of methoxy groups -OCH3 is 1. The maximum Gasteiger partial charge on any atom is 0.416 e. The maximum absolute atomic E-state index is 13.5. The molecule has 0 bridgehead atoms. The number of carbonyl (C=O) groups is 1. The van der Waals surface area contributed by atoms with E-state index in [-0.39, 0.29) is 23.6 Å². The number of cyclic esters (lactones) is 1. The molecule has 0 aromatic heterocycles. The molecule has 1 fully saturated rings. The molecule has 0 saturated carbocycles. The molecule has 41 heavy (non-hydrogen) atoms. The zero-order chi connectivity index (χ0) is 30.5. The van der Waals surface area contributed by atoms with Crippen molar-refractivity contribution in [3.63, 3.8) is 0 Å². The minimum absolute atomic E-state index is 0.0686. The van der Waals surface area contributed by atoms with Crippen molar-refractivity contribution in [3.05, 3.63) is 64.2 Å². The number of ether oxygens (including phenoxy) is 2. The summed E-state index contributed by atoms with van der Waals surface area (Å²) in [6.45, 7) is 5.93. The van der Waals surface area contributed by atoms with Crippen LogP contribution in [0.1, 0.15) is 68.4 Å². The van der Waals surface area contributed by atoms with E-state index in [4.69, 9.17) is 9.47 Å². The number of anilines is 1. The first-order chi connectivity index (χ1) is 18.9. The number of allylic oxidation sites excluding steroid dienone is 1. The van der Waals surface area contributed by atoms with Gasteiger partial charge >= 0.3 is 18.4 Å². The van der Waals surface area contributed by atoms with E-state index in [1.807, 2.05) is 37.2 Å². The Balaban J connectivity index is 1.74. The number of hydrogen-bond donors (Lipinski definition) is 0. The number of alkyl halides is 6. The van der Waals surface area contributed by atoms with Crippen LogP contribution in [0.25, 0.3) is 5.57 Å². The first kappa shape index (κ1) is 30.6. The number of amides is 1. The highest BCUT2D eigenvalue weighted by atomic mass is 19.4. The molecular weight excluding hydrogens is 550 g/mol. The predicted octanol–water partition coefficient (Wildman–Crippen LogP) is 8.34. The molecule has 5 nitrogen and oxygen atoms in total. The summed E-state index contributed by atoms with van der Waals surface area (Å²) in [6.07, 6.45) is -9.88. The minimum atomic E-state index is -5.00. The molecule has 1 heterocycles. The second kappa shape index (κ2) is 10.8. The van der Waals surface area contributed by atoms with Crippen molar-refractivity contribution in [2.24, 2.45) is 5.41 Å². The van der Waals surface area contributed by atoms with Crippen LogP contribution in [-0.4, -0.2) is 44.8 Å². The maximum atomic E-state index is 13.5. The molecule has 1 aliphatic carbocycles. The van der Waals surface area contributed by atoms with Gasteiger partial charge in [0.05, 0.1) is 24.3 Å². The molecule has 0 unspecified atom stereocenters. The van der Waals surface area contributed by atoms with Gasteiger partial charge in [0.2, 0.25) is 0 Å². The molecule has 1 saturated heterocycles. The van der Waals surface area contributed by atoms with Crippen molar-refractivity contribution >= 4 is 17.4 Å². The van der Waals surface area contributed by atoms with E-state index in [1.54, 1.807) is 14.0 Å². The number of hydrogen-bond acceptors (Lipinski definition) is 4. The lowest BCUT2D eigenvalue weighted by Crippen LogP contribution is -2.35. The first-order valence-electron chi connectivity index (χ1n) is 13.2. The zero-order valence-corrected chi connectivity index (χ0v) is 23.8. The fourth-order valence-corrected chi connectivity index (χ4v) is 5.61. The van der Waals surface area contributed by atoms with Crippen molar-refractivity contribution in [2.75, 3.05) is 32.6 Å². The highest BCUT2D eigenvalue weighted by Gasteiger charge is 2.44. The number of benzene rings is 2. The zero-order valence-electron chi connectivity index (χ0n) is 23.8. The fraction of sp³-hybridized carbons (Fsp3) is 0.500. The van der Waals surface area contributed by atoms with E-state index in [9.17, 15) is 31.1 Å². The van der Waals surface area contributed by atoms with E-state index in [1.165, 1.54) is 4.90 Å². The van der Waals surface area contributed by atoms with E-state index in [0.29, 0.717) is 30.7 Å². The third-order valence-corrected chi connectivity index (χ3v) is 7.89. The van der Waals surface area contributed by atoms with Crippen LogP contribution in [-0.2, 0) is 17.1 Å². The van der Waals surface area contributed by atoms with Gasteiger partial charge in [0.15, 0.2) is 0 Å². The first-order valence-corrected chi connectivity index (χ1v) is 13.2. The molecule has 2 aromatic carbocycles. The Labute approximate surface area is 235 Å². The van der Waals surface area contributed by atoms with Gasteiger partial charge in [0, 0.05) is 31.9 Å². The SMILES string of the molecule is COc1ccc(N(C)C)cc1C1=C(CN2C(=O)O[C@H](c3cc(C(F)(F)F)cc(C(F)(F)F)c3)[C@@H]2C)CC(C)(C)CC1. The number of halogens is 6. The monoisotopic (exact) mass is 584 g/mol. The molecule has 0 spiro atoms. The third kappa shape index (κ3) is 6.43. The van der Waals surface area contributed by atoms with Crippen molar-refractivity contribution in [2.45, 2.75) is 64.5 Å². The normalized spacial score (nSPS) is 21.3. The lowest BCUT2D eigenvalue weighted by molar-refractivity contribution is -0.143. The summed E-state index contributed by atoms with van der Waals surface area (Å²) in [5.41, 5.74) is 0.456. The van der Waals surface area contributed by atoms with Gasteiger partial charge in [-0.2, -0.15) is 26.3 Å². The summed E-state index contributed by atoms with van der Waals surface area (Å²) in [7, 11) is 5.42. The summed E-state index contributed by atoms with van der Waals surface area (Å²) >= 11 is 0. The van der Waals surface area contributed by atoms with Crippen LogP contribution in [0.3, 0.4) is 0 Å². The molecule has 224 valence electrons. The van der Waals surface area contributed by atoms with Crippen LogP contribution in [0.2, 0.25) is 0 Å². The van der Waals surface area contributed by atoms with Crippen LogP contribution in [0.4, 0.5) is 36.8 Å². The van der Waals surface area contributed by atoms with Gasteiger partial charge in [-0.1, -0.05) is 13.8 Å². The van der Waals surface area contributed by atoms with Crippen molar-refractivity contribution < 1.29 is 40.6 Å². The fourth-order valence-electron chi connectivity index (χ4n) is 5.61. The van der Waals surface area contributed by atoms with Gasteiger partial charge in [0.25, 0.3) is 0 Å². The molecule has 2 atom stereocenters. The Morgan fingerprint density at radius 2 is 1.63 bits per heavy atom. The van der Waals surface area contributed by atoms with Crippen LogP contribution in [0.5, 0.6) is 5.75 Å². The average Bonchev–Trinajstić information content (AvgIpc) is 3.15. The summed E-state index contributed by atoms with van der Waals surface area (Å²) in [5.74, 6) is 0.668. The topological polar surface area (TPSA) is 42.0 Å². The number of nitrogens with zero attached hydrogens (tertiary/aromatic N) is 2.